The predicted molar refractivity (Wildman–Crippen MR) is 127 cm³/mol. The first kappa shape index (κ1) is 20.5. The monoisotopic (exact) mass is 443 g/mol. The van der Waals surface area contributed by atoms with E-state index in [9.17, 15) is 0 Å². The van der Waals surface area contributed by atoms with Crippen LogP contribution in [0.2, 0.25) is 0 Å². The lowest BCUT2D eigenvalue weighted by Crippen LogP contribution is -2.47. The summed E-state index contributed by atoms with van der Waals surface area (Å²) in [6.07, 6.45) is 4.31. The Kier molecular flexibility index (Phi) is 6.04. The van der Waals surface area contributed by atoms with Gasteiger partial charge in [0.1, 0.15) is 5.82 Å². The van der Waals surface area contributed by atoms with Gasteiger partial charge in [-0.1, -0.05) is 48.5 Å². The van der Waals surface area contributed by atoms with E-state index in [0.29, 0.717) is 6.67 Å². The highest BCUT2D eigenvalue weighted by Gasteiger charge is 2.21. The van der Waals surface area contributed by atoms with Crippen LogP contribution in [0.15, 0.2) is 79.1 Å². The van der Waals surface area contributed by atoms with Crippen LogP contribution in [0, 0.1) is 4.77 Å². The SMILES string of the molecule is S=c1n(CN2CCN(c3ncccn3)CC2)nc(Cc2ccccc2)n1-c1ccccc1. The van der Waals surface area contributed by atoms with Crippen molar-refractivity contribution in [2.75, 3.05) is 31.1 Å². The standard InChI is InChI=1S/C24H25N7S/c32-24-30(19-28-14-16-29(17-15-28)23-25-12-7-13-26-23)27-22(18-20-8-3-1-4-9-20)31(24)21-10-5-2-6-11-21/h1-13H,14-19H2. The Morgan fingerprint density at radius 2 is 1.44 bits per heavy atom. The Balaban J connectivity index is 1.37. The van der Waals surface area contributed by atoms with Crippen LogP contribution in [-0.2, 0) is 13.1 Å². The van der Waals surface area contributed by atoms with Gasteiger partial charge in [-0.05, 0) is 36.0 Å². The molecular formula is C24H25N7S. The van der Waals surface area contributed by atoms with Crippen molar-refractivity contribution in [3.63, 3.8) is 0 Å². The van der Waals surface area contributed by atoms with Crippen LogP contribution in [0.5, 0.6) is 0 Å². The number of piperazine rings is 1. The lowest BCUT2D eigenvalue weighted by atomic mass is 10.1. The second kappa shape index (κ2) is 9.42. The topological polar surface area (TPSA) is 55.0 Å². The molecule has 1 aliphatic heterocycles. The molecule has 1 saturated heterocycles. The van der Waals surface area contributed by atoms with Crippen LogP contribution < -0.4 is 4.90 Å². The van der Waals surface area contributed by atoms with E-state index in [4.69, 9.17) is 17.3 Å². The zero-order valence-electron chi connectivity index (χ0n) is 17.8. The Bertz CT molecular complexity index is 1200. The molecule has 0 radical (unpaired) electrons. The smallest absolute Gasteiger partial charge is 0.225 e. The molecule has 7 nitrogen and oxygen atoms in total. The molecule has 0 atom stereocenters. The van der Waals surface area contributed by atoms with Crippen molar-refractivity contribution >= 4 is 18.2 Å². The molecule has 162 valence electrons. The van der Waals surface area contributed by atoms with E-state index in [2.05, 4.69) is 60.7 Å². The van der Waals surface area contributed by atoms with E-state index in [1.807, 2.05) is 35.0 Å². The van der Waals surface area contributed by atoms with Crippen LogP contribution in [0.3, 0.4) is 0 Å². The van der Waals surface area contributed by atoms with Gasteiger partial charge in [-0.15, -0.1) is 0 Å². The fourth-order valence-electron chi connectivity index (χ4n) is 4.01. The molecule has 0 bridgehead atoms. The summed E-state index contributed by atoms with van der Waals surface area (Å²) in [6.45, 7) is 4.25. The minimum absolute atomic E-state index is 0.671. The molecule has 5 rings (SSSR count). The van der Waals surface area contributed by atoms with E-state index >= 15 is 0 Å². The quantitative estimate of drug-likeness (QED) is 0.425. The van der Waals surface area contributed by atoms with Crippen LogP contribution in [-0.4, -0.2) is 55.4 Å². The minimum Gasteiger partial charge on any atom is -0.338 e. The molecule has 1 aliphatic rings. The Morgan fingerprint density at radius 1 is 0.781 bits per heavy atom. The van der Waals surface area contributed by atoms with Gasteiger partial charge in [0.2, 0.25) is 10.7 Å². The van der Waals surface area contributed by atoms with Gasteiger partial charge in [0, 0.05) is 50.7 Å². The predicted octanol–water partition coefficient (Wildman–Crippen LogP) is 3.56. The Labute approximate surface area is 192 Å². The lowest BCUT2D eigenvalue weighted by molar-refractivity contribution is 0.193. The first-order valence-corrected chi connectivity index (χ1v) is 11.2. The second-order valence-corrected chi connectivity index (χ2v) is 8.19. The molecule has 0 amide bonds. The molecule has 2 aromatic heterocycles. The lowest BCUT2D eigenvalue weighted by Gasteiger charge is -2.34. The van der Waals surface area contributed by atoms with Crippen molar-refractivity contribution < 1.29 is 0 Å². The number of hydrogen-bond donors (Lipinski definition) is 0. The molecule has 8 heteroatoms. The van der Waals surface area contributed by atoms with Crippen molar-refractivity contribution in [1.82, 2.24) is 29.2 Å². The molecule has 3 heterocycles. The first-order chi connectivity index (χ1) is 15.8. The summed E-state index contributed by atoms with van der Waals surface area (Å²) in [7, 11) is 0. The molecule has 0 spiro atoms. The summed E-state index contributed by atoms with van der Waals surface area (Å²) in [5.41, 5.74) is 2.26. The summed E-state index contributed by atoms with van der Waals surface area (Å²) in [4.78, 5) is 13.3. The summed E-state index contributed by atoms with van der Waals surface area (Å²) in [5.74, 6) is 1.74. The average Bonchev–Trinajstić information content (AvgIpc) is 3.15. The van der Waals surface area contributed by atoms with Crippen LogP contribution in [0.4, 0.5) is 5.95 Å². The van der Waals surface area contributed by atoms with E-state index in [1.54, 1.807) is 12.4 Å². The van der Waals surface area contributed by atoms with Crippen LogP contribution >= 0.6 is 12.2 Å². The van der Waals surface area contributed by atoms with Gasteiger partial charge in [0.05, 0.1) is 6.67 Å². The Morgan fingerprint density at radius 3 is 2.12 bits per heavy atom. The number of nitrogens with zero attached hydrogens (tertiary/aromatic N) is 7. The van der Waals surface area contributed by atoms with Gasteiger partial charge in [-0.2, -0.15) is 5.10 Å². The summed E-state index contributed by atoms with van der Waals surface area (Å²) in [6, 6.07) is 22.5. The van der Waals surface area contributed by atoms with E-state index in [0.717, 1.165) is 54.8 Å². The summed E-state index contributed by atoms with van der Waals surface area (Å²) < 4.78 is 4.77. The van der Waals surface area contributed by atoms with Crippen molar-refractivity contribution in [1.29, 1.82) is 0 Å². The van der Waals surface area contributed by atoms with E-state index in [-0.39, 0.29) is 0 Å². The van der Waals surface area contributed by atoms with Gasteiger partial charge >= 0.3 is 0 Å². The third kappa shape index (κ3) is 4.46. The third-order valence-corrected chi connectivity index (χ3v) is 6.06. The van der Waals surface area contributed by atoms with Gasteiger partial charge in [-0.25, -0.2) is 14.6 Å². The highest BCUT2D eigenvalue weighted by Crippen LogP contribution is 2.17. The largest absolute Gasteiger partial charge is 0.338 e. The minimum atomic E-state index is 0.671. The molecule has 0 saturated carbocycles. The maximum Gasteiger partial charge on any atom is 0.225 e. The van der Waals surface area contributed by atoms with Crippen LogP contribution in [0.25, 0.3) is 5.69 Å². The van der Waals surface area contributed by atoms with Crippen molar-refractivity contribution in [2.24, 2.45) is 0 Å². The van der Waals surface area contributed by atoms with E-state index < -0.39 is 0 Å². The molecule has 0 unspecified atom stereocenters. The van der Waals surface area contributed by atoms with Gasteiger partial charge in [-0.3, -0.25) is 9.47 Å². The molecule has 0 N–H and O–H groups in total. The molecule has 32 heavy (non-hydrogen) atoms. The number of benzene rings is 2. The fourth-order valence-corrected chi connectivity index (χ4v) is 4.32. The number of aromatic nitrogens is 5. The Hall–Kier alpha value is -3.36. The first-order valence-electron chi connectivity index (χ1n) is 10.8. The highest BCUT2D eigenvalue weighted by molar-refractivity contribution is 7.71. The number of anilines is 1. The number of hydrogen-bond acceptors (Lipinski definition) is 6. The number of para-hydroxylation sites is 1. The van der Waals surface area contributed by atoms with Crippen molar-refractivity contribution in [3.05, 3.63) is 95.3 Å². The average molecular weight is 444 g/mol. The summed E-state index contributed by atoms with van der Waals surface area (Å²) >= 11 is 5.89. The van der Waals surface area contributed by atoms with Gasteiger partial charge in [0.25, 0.3) is 0 Å². The fraction of sp³-hybridized carbons (Fsp3) is 0.250. The number of rotatable bonds is 6. The maximum absolute atomic E-state index is 5.89. The van der Waals surface area contributed by atoms with Gasteiger partial charge in [0.15, 0.2) is 0 Å². The van der Waals surface area contributed by atoms with E-state index in [1.165, 1.54) is 5.56 Å². The molecular weight excluding hydrogens is 418 g/mol. The molecule has 2 aromatic carbocycles. The normalized spacial score (nSPS) is 14.6. The molecule has 1 fully saturated rings. The highest BCUT2D eigenvalue weighted by atomic mass is 32.1. The van der Waals surface area contributed by atoms with Crippen LogP contribution in [0.1, 0.15) is 11.4 Å². The zero-order valence-corrected chi connectivity index (χ0v) is 18.6. The zero-order chi connectivity index (χ0) is 21.8. The van der Waals surface area contributed by atoms with Gasteiger partial charge < -0.3 is 4.90 Å². The second-order valence-electron chi connectivity index (χ2n) is 7.83. The van der Waals surface area contributed by atoms with Crippen molar-refractivity contribution in [2.45, 2.75) is 13.1 Å². The van der Waals surface area contributed by atoms with Crippen molar-refractivity contribution in [3.8, 4) is 5.69 Å². The summed E-state index contributed by atoms with van der Waals surface area (Å²) in [5, 5.41) is 4.95. The molecule has 0 aliphatic carbocycles. The maximum atomic E-state index is 5.89. The molecule has 4 aromatic rings. The third-order valence-electron chi connectivity index (χ3n) is 5.67.